The lowest BCUT2D eigenvalue weighted by Gasteiger charge is -2.34. The van der Waals surface area contributed by atoms with Gasteiger partial charge >= 0.3 is 5.97 Å². The quantitative estimate of drug-likeness (QED) is 0.235. The van der Waals surface area contributed by atoms with Gasteiger partial charge in [-0.25, -0.2) is 4.79 Å². The molecule has 0 saturated carbocycles. The van der Waals surface area contributed by atoms with Crippen LogP contribution in [0.25, 0.3) is 0 Å². The van der Waals surface area contributed by atoms with Gasteiger partial charge in [-0.3, -0.25) is 4.90 Å². The Kier molecular flexibility index (Phi) is 10.1. The Morgan fingerprint density at radius 3 is 1.72 bits per heavy atom. The van der Waals surface area contributed by atoms with E-state index in [1.807, 2.05) is 109 Å². The van der Waals surface area contributed by atoms with Crippen molar-refractivity contribution >= 4 is 5.97 Å². The Hall–Kier alpha value is -4.13. The number of hydrogen-bond acceptors (Lipinski definition) is 6. The predicted molar refractivity (Wildman–Crippen MR) is 151 cm³/mol. The molecule has 0 aromatic heterocycles. The lowest BCUT2D eigenvalue weighted by molar-refractivity contribution is -0.159. The van der Waals surface area contributed by atoms with Crippen molar-refractivity contribution in [1.29, 1.82) is 0 Å². The number of esters is 1. The van der Waals surface area contributed by atoms with Gasteiger partial charge in [0.25, 0.3) is 0 Å². The number of benzene rings is 4. The summed E-state index contributed by atoms with van der Waals surface area (Å²) in [7, 11) is 3.18. The fourth-order valence-electron chi connectivity index (χ4n) is 4.59. The first kappa shape index (κ1) is 27.9. The minimum atomic E-state index is -1.38. The molecule has 1 N–H and O–H groups in total. The second-order valence-corrected chi connectivity index (χ2v) is 9.38. The Bertz CT molecular complexity index is 1260. The molecule has 0 radical (unpaired) electrons. The van der Waals surface area contributed by atoms with Gasteiger partial charge in [0.05, 0.1) is 20.3 Å². The summed E-state index contributed by atoms with van der Waals surface area (Å²) in [5, 5.41) is 11.5. The highest BCUT2D eigenvalue weighted by atomic mass is 16.5. The topological polar surface area (TPSA) is 68.2 Å². The van der Waals surface area contributed by atoms with Crippen molar-refractivity contribution in [1.82, 2.24) is 4.90 Å². The zero-order valence-corrected chi connectivity index (χ0v) is 22.4. The molecular weight excluding hydrogens is 490 g/mol. The Morgan fingerprint density at radius 2 is 1.21 bits per heavy atom. The van der Waals surface area contributed by atoms with Crippen molar-refractivity contribution in [3.8, 4) is 11.5 Å². The van der Waals surface area contributed by atoms with E-state index in [2.05, 4.69) is 4.90 Å². The third-order valence-corrected chi connectivity index (χ3v) is 6.65. The smallest absolute Gasteiger partial charge is 0.336 e. The Morgan fingerprint density at radius 1 is 0.692 bits per heavy atom. The second-order valence-electron chi connectivity index (χ2n) is 9.38. The molecule has 0 spiro atoms. The van der Waals surface area contributed by atoms with E-state index in [0.717, 1.165) is 22.3 Å². The van der Waals surface area contributed by atoms with Gasteiger partial charge in [-0.1, -0.05) is 97.1 Å². The number of rotatable bonds is 13. The normalized spacial score (nSPS) is 12.5. The molecule has 0 aliphatic heterocycles. The van der Waals surface area contributed by atoms with Crippen LogP contribution in [0.15, 0.2) is 109 Å². The minimum Gasteiger partial charge on any atom is -0.493 e. The standard InChI is InChI=1S/C33H35NO5/c1-37-30-19-18-28(21-31(30)38-2)20-29(32(35)33(36)39-24-27-16-10-5-11-17-27)34(22-25-12-6-3-7-13-25)23-26-14-8-4-9-15-26/h3-19,21,29,32,35H,20,22-24H2,1-2H3. The number of methoxy groups -OCH3 is 2. The van der Waals surface area contributed by atoms with E-state index < -0.39 is 18.1 Å². The number of aliphatic hydroxyl groups is 1. The summed E-state index contributed by atoms with van der Waals surface area (Å²) < 4.78 is 16.5. The van der Waals surface area contributed by atoms with Crippen molar-refractivity contribution in [2.24, 2.45) is 0 Å². The van der Waals surface area contributed by atoms with E-state index in [1.165, 1.54) is 0 Å². The second kappa shape index (κ2) is 14.1. The molecule has 2 unspecified atom stereocenters. The Balaban J connectivity index is 1.65. The molecule has 202 valence electrons. The third kappa shape index (κ3) is 7.93. The van der Waals surface area contributed by atoms with Gasteiger partial charge in [0.15, 0.2) is 17.6 Å². The maximum absolute atomic E-state index is 13.2. The molecule has 0 aliphatic rings. The van der Waals surface area contributed by atoms with E-state index in [0.29, 0.717) is 31.0 Å². The highest BCUT2D eigenvalue weighted by molar-refractivity contribution is 5.75. The molecule has 4 rings (SSSR count). The minimum absolute atomic E-state index is 0.0944. The summed E-state index contributed by atoms with van der Waals surface area (Å²) >= 11 is 0. The van der Waals surface area contributed by atoms with Gasteiger partial charge in [0.2, 0.25) is 0 Å². The van der Waals surface area contributed by atoms with Crippen LogP contribution in [-0.4, -0.2) is 42.3 Å². The molecule has 4 aromatic rings. The maximum atomic E-state index is 13.2. The van der Waals surface area contributed by atoms with E-state index in [-0.39, 0.29) is 6.61 Å². The van der Waals surface area contributed by atoms with Crippen LogP contribution >= 0.6 is 0 Å². The summed E-state index contributed by atoms with van der Waals surface area (Å²) in [5.41, 5.74) is 3.92. The SMILES string of the molecule is COc1ccc(CC(C(O)C(=O)OCc2ccccc2)N(Cc2ccccc2)Cc2ccccc2)cc1OC. The molecule has 6 nitrogen and oxygen atoms in total. The maximum Gasteiger partial charge on any atom is 0.336 e. The average Bonchev–Trinajstić information content (AvgIpc) is 2.99. The average molecular weight is 526 g/mol. The van der Waals surface area contributed by atoms with Crippen LogP contribution in [0.1, 0.15) is 22.3 Å². The summed E-state index contributed by atoms with van der Waals surface area (Å²) in [5.74, 6) is 0.550. The van der Waals surface area contributed by atoms with Crippen molar-refractivity contribution in [3.63, 3.8) is 0 Å². The van der Waals surface area contributed by atoms with Crippen LogP contribution < -0.4 is 9.47 Å². The summed E-state index contributed by atoms with van der Waals surface area (Å²) in [4.78, 5) is 15.4. The summed E-state index contributed by atoms with van der Waals surface area (Å²) in [6, 6.07) is 34.6. The first-order valence-corrected chi connectivity index (χ1v) is 13.0. The van der Waals surface area contributed by atoms with Crippen LogP contribution in [0.3, 0.4) is 0 Å². The third-order valence-electron chi connectivity index (χ3n) is 6.65. The van der Waals surface area contributed by atoms with Gasteiger partial charge in [0, 0.05) is 13.1 Å². The van der Waals surface area contributed by atoms with Crippen LogP contribution in [-0.2, 0) is 35.6 Å². The van der Waals surface area contributed by atoms with Crippen molar-refractivity contribution in [2.75, 3.05) is 14.2 Å². The van der Waals surface area contributed by atoms with Crippen molar-refractivity contribution in [3.05, 3.63) is 131 Å². The fourth-order valence-corrected chi connectivity index (χ4v) is 4.59. The molecule has 0 fully saturated rings. The highest BCUT2D eigenvalue weighted by Crippen LogP contribution is 2.29. The molecular formula is C33H35NO5. The Labute approximate surface area is 230 Å². The first-order chi connectivity index (χ1) is 19.1. The van der Waals surface area contributed by atoms with Crippen molar-refractivity contribution < 1.29 is 24.1 Å². The van der Waals surface area contributed by atoms with Gasteiger partial charge in [-0.2, -0.15) is 0 Å². The van der Waals surface area contributed by atoms with Crippen LogP contribution in [0.5, 0.6) is 11.5 Å². The molecule has 6 heteroatoms. The summed E-state index contributed by atoms with van der Waals surface area (Å²) in [6.07, 6.45) is -0.990. The van der Waals surface area contributed by atoms with E-state index in [9.17, 15) is 9.90 Å². The highest BCUT2D eigenvalue weighted by Gasteiger charge is 2.33. The van der Waals surface area contributed by atoms with E-state index in [4.69, 9.17) is 14.2 Å². The monoisotopic (exact) mass is 525 g/mol. The first-order valence-electron chi connectivity index (χ1n) is 13.0. The molecule has 0 bridgehead atoms. The zero-order chi connectivity index (χ0) is 27.5. The van der Waals surface area contributed by atoms with Gasteiger partial charge in [0.1, 0.15) is 6.61 Å². The molecule has 0 saturated heterocycles. The fraction of sp³-hybridized carbons (Fsp3) is 0.242. The predicted octanol–water partition coefficient (Wildman–Crippen LogP) is 5.42. The summed E-state index contributed by atoms with van der Waals surface area (Å²) in [6.45, 7) is 1.17. The number of ether oxygens (including phenoxy) is 3. The van der Waals surface area contributed by atoms with Gasteiger partial charge < -0.3 is 19.3 Å². The van der Waals surface area contributed by atoms with E-state index in [1.54, 1.807) is 14.2 Å². The number of carbonyl (C=O) groups excluding carboxylic acids is 1. The lowest BCUT2D eigenvalue weighted by Crippen LogP contribution is -2.48. The number of nitrogens with zero attached hydrogens (tertiary/aromatic N) is 1. The van der Waals surface area contributed by atoms with Crippen LogP contribution in [0, 0.1) is 0 Å². The van der Waals surface area contributed by atoms with Crippen LogP contribution in [0.2, 0.25) is 0 Å². The van der Waals surface area contributed by atoms with Gasteiger partial charge in [-0.15, -0.1) is 0 Å². The molecule has 0 aliphatic carbocycles. The number of carbonyl (C=O) groups is 1. The molecule has 2 atom stereocenters. The lowest BCUT2D eigenvalue weighted by atomic mass is 9.97. The van der Waals surface area contributed by atoms with Gasteiger partial charge in [-0.05, 0) is 40.8 Å². The largest absolute Gasteiger partial charge is 0.493 e. The van der Waals surface area contributed by atoms with Crippen LogP contribution in [0.4, 0.5) is 0 Å². The molecule has 39 heavy (non-hydrogen) atoms. The number of hydrogen-bond donors (Lipinski definition) is 1. The molecule has 4 aromatic carbocycles. The van der Waals surface area contributed by atoms with E-state index >= 15 is 0 Å². The van der Waals surface area contributed by atoms with Crippen molar-refractivity contribution in [2.45, 2.75) is 38.3 Å². The number of aliphatic hydroxyl groups excluding tert-OH is 1. The zero-order valence-electron chi connectivity index (χ0n) is 22.4. The molecule has 0 heterocycles. The molecule has 0 amide bonds.